The molecule has 0 atom stereocenters. The fourth-order valence-corrected chi connectivity index (χ4v) is 3.65. The Balaban J connectivity index is 1.87. The number of phenolic OH excluding ortho intramolecular Hbond substituents is 1. The molecule has 1 amide bonds. The van der Waals surface area contributed by atoms with Crippen LogP contribution in [0.2, 0.25) is 5.02 Å². The van der Waals surface area contributed by atoms with Crippen LogP contribution in [0.5, 0.6) is 11.5 Å². The predicted molar refractivity (Wildman–Crippen MR) is 97.1 cm³/mol. The minimum absolute atomic E-state index is 0.137. The molecule has 1 aromatic heterocycles. The summed E-state index contributed by atoms with van der Waals surface area (Å²) in [5, 5.41) is 9.92. The standard InChI is InChI=1S/C16H12ClNO4S2/c1-21-12-6-9(5-11(17)14(12)19)7-13-15(20)18(16(23)24-13)8-10-3-2-4-22-10/h2-7,19H,8H2,1H3. The highest BCUT2D eigenvalue weighted by Gasteiger charge is 2.32. The Kier molecular flexibility index (Phi) is 4.84. The number of carbonyl (C=O) groups excluding carboxylic acids is 1. The lowest BCUT2D eigenvalue weighted by molar-refractivity contribution is -0.122. The number of methoxy groups -OCH3 is 1. The molecule has 1 aromatic carbocycles. The molecule has 1 saturated heterocycles. The molecule has 24 heavy (non-hydrogen) atoms. The lowest BCUT2D eigenvalue weighted by Crippen LogP contribution is -2.27. The molecule has 0 aliphatic carbocycles. The van der Waals surface area contributed by atoms with Crippen LogP contribution in [0.15, 0.2) is 39.9 Å². The van der Waals surface area contributed by atoms with Crippen LogP contribution >= 0.6 is 35.6 Å². The Labute approximate surface area is 152 Å². The van der Waals surface area contributed by atoms with Crippen molar-refractivity contribution in [2.24, 2.45) is 0 Å². The van der Waals surface area contributed by atoms with E-state index in [1.165, 1.54) is 23.8 Å². The SMILES string of the molecule is COc1cc(C=C2SC(=S)N(Cc3ccco3)C2=O)cc(Cl)c1O. The van der Waals surface area contributed by atoms with Gasteiger partial charge in [0.25, 0.3) is 5.91 Å². The molecule has 0 unspecified atom stereocenters. The van der Waals surface area contributed by atoms with E-state index in [4.69, 9.17) is 33.0 Å². The molecule has 1 aliphatic heterocycles. The number of nitrogens with zero attached hydrogens (tertiary/aromatic N) is 1. The number of benzene rings is 1. The third kappa shape index (κ3) is 3.28. The summed E-state index contributed by atoms with van der Waals surface area (Å²) < 4.78 is 10.8. The second kappa shape index (κ2) is 6.88. The first-order valence-electron chi connectivity index (χ1n) is 6.84. The number of ether oxygens (including phenoxy) is 1. The van der Waals surface area contributed by atoms with E-state index in [-0.39, 0.29) is 29.0 Å². The number of hydrogen-bond acceptors (Lipinski definition) is 6. The highest BCUT2D eigenvalue weighted by atomic mass is 35.5. The Morgan fingerprint density at radius 3 is 2.96 bits per heavy atom. The number of hydrogen-bond donors (Lipinski definition) is 1. The molecule has 0 radical (unpaired) electrons. The first kappa shape index (κ1) is 16.9. The van der Waals surface area contributed by atoms with Crippen LogP contribution in [-0.4, -0.2) is 27.3 Å². The van der Waals surface area contributed by atoms with E-state index < -0.39 is 0 Å². The summed E-state index contributed by atoms with van der Waals surface area (Å²) in [6, 6.07) is 6.69. The van der Waals surface area contributed by atoms with Gasteiger partial charge >= 0.3 is 0 Å². The van der Waals surface area contributed by atoms with Gasteiger partial charge in [-0.2, -0.15) is 0 Å². The van der Waals surface area contributed by atoms with Crippen LogP contribution in [0.3, 0.4) is 0 Å². The van der Waals surface area contributed by atoms with E-state index in [1.54, 1.807) is 36.6 Å². The van der Waals surface area contributed by atoms with Gasteiger partial charge in [0.05, 0.1) is 29.8 Å². The van der Waals surface area contributed by atoms with Gasteiger partial charge in [-0.25, -0.2) is 0 Å². The number of thiocarbonyl (C=S) groups is 1. The average Bonchev–Trinajstić information content (AvgIpc) is 3.15. The van der Waals surface area contributed by atoms with Crippen molar-refractivity contribution >= 4 is 51.9 Å². The first-order chi connectivity index (χ1) is 11.5. The number of carbonyl (C=O) groups is 1. The lowest BCUT2D eigenvalue weighted by Gasteiger charge is -2.12. The van der Waals surface area contributed by atoms with E-state index in [9.17, 15) is 9.90 Å². The van der Waals surface area contributed by atoms with Gasteiger partial charge in [-0.1, -0.05) is 35.6 Å². The maximum absolute atomic E-state index is 12.5. The predicted octanol–water partition coefficient (Wildman–Crippen LogP) is 4.05. The summed E-state index contributed by atoms with van der Waals surface area (Å²) in [5.74, 6) is 0.549. The van der Waals surface area contributed by atoms with Crippen molar-refractivity contribution in [3.63, 3.8) is 0 Å². The van der Waals surface area contributed by atoms with Gasteiger partial charge in [-0.15, -0.1) is 0 Å². The fourth-order valence-electron chi connectivity index (χ4n) is 2.18. The minimum atomic E-state index is -0.204. The normalized spacial score (nSPS) is 16.2. The molecule has 5 nitrogen and oxygen atoms in total. The average molecular weight is 382 g/mol. The molecule has 8 heteroatoms. The van der Waals surface area contributed by atoms with Crippen LogP contribution in [-0.2, 0) is 11.3 Å². The molecule has 0 saturated carbocycles. The summed E-state index contributed by atoms with van der Waals surface area (Å²) in [4.78, 5) is 14.5. The molecule has 124 valence electrons. The van der Waals surface area contributed by atoms with Crippen molar-refractivity contribution in [3.8, 4) is 11.5 Å². The largest absolute Gasteiger partial charge is 0.503 e. The van der Waals surface area contributed by atoms with Gasteiger partial charge in [0.2, 0.25) is 0 Å². The maximum atomic E-state index is 12.5. The maximum Gasteiger partial charge on any atom is 0.266 e. The molecule has 2 aromatic rings. The molecular weight excluding hydrogens is 370 g/mol. The third-order valence-electron chi connectivity index (χ3n) is 3.34. The summed E-state index contributed by atoms with van der Waals surface area (Å²) in [7, 11) is 1.43. The molecule has 0 bridgehead atoms. The zero-order valence-electron chi connectivity index (χ0n) is 12.5. The van der Waals surface area contributed by atoms with E-state index in [2.05, 4.69) is 0 Å². The monoisotopic (exact) mass is 381 g/mol. The molecule has 3 rings (SSSR count). The van der Waals surface area contributed by atoms with Gasteiger partial charge in [0.1, 0.15) is 10.1 Å². The van der Waals surface area contributed by atoms with Crippen molar-refractivity contribution in [1.82, 2.24) is 4.90 Å². The molecule has 0 spiro atoms. The highest BCUT2D eigenvalue weighted by molar-refractivity contribution is 8.26. The summed E-state index contributed by atoms with van der Waals surface area (Å²) in [6.45, 7) is 0.286. The topological polar surface area (TPSA) is 62.9 Å². The number of thioether (sulfide) groups is 1. The fraction of sp³-hybridized carbons (Fsp3) is 0.125. The van der Waals surface area contributed by atoms with Crippen LogP contribution < -0.4 is 4.74 Å². The van der Waals surface area contributed by atoms with Gasteiger partial charge in [-0.3, -0.25) is 9.69 Å². The van der Waals surface area contributed by atoms with Crippen molar-refractivity contribution in [2.75, 3.05) is 7.11 Å². The van der Waals surface area contributed by atoms with Crippen LogP contribution in [0.25, 0.3) is 6.08 Å². The number of furan rings is 1. The van der Waals surface area contributed by atoms with E-state index in [0.717, 1.165) is 0 Å². The molecule has 1 fully saturated rings. The molecule has 1 aliphatic rings. The zero-order chi connectivity index (χ0) is 17.3. The Bertz CT molecular complexity index is 833. The van der Waals surface area contributed by atoms with E-state index in [0.29, 0.717) is 20.5 Å². The van der Waals surface area contributed by atoms with Crippen LogP contribution in [0.1, 0.15) is 11.3 Å². The van der Waals surface area contributed by atoms with Gasteiger partial charge in [-0.05, 0) is 35.9 Å². The van der Waals surface area contributed by atoms with E-state index >= 15 is 0 Å². The minimum Gasteiger partial charge on any atom is -0.503 e. The molecule has 2 heterocycles. The Morgan fingerprint density at radius 1 is 1.50 bits per heavy atom. The third-order valence-corrected chi connectivity index (χ3v) is 5.00. The quantitative estimate of drug-likeness (QED) is 0.636. The summed E-state index contributed by atoms with van der Waals surface area (Å²) in [6.07, 6.45) is 3.21. The van der Waals surface area contributed by atoms with Crippen LogP contribution in [0, 0.1) is 0 Å². The summed E-state index contributed by atoms with van der Waals surface area (Å²) >= 11 is 12.4. The number of halogens is 1. The Hall–Kier alpha value is -1.96. The van der Waals surface area contributed by atoms with E-state index in [1.807, 2.05) is 0 Å². The lowest BCUT2D eigenvalue weighted by atomic mass is 10.2. The van der Waals surface area contributed by atoms with Crippen molar-refractivity contribution in [2.45, 2.75) is 6.54 Å². The summed E-state index contributed by atoms with van der Waals surface area (Å²) in [5.41, 5.74) is 0.633. The number of rotatable bonds is 4. The molecule has 1 N–H and O–H groups in total. The first-order valence-corrected chi connectivity index (χ1v) is 8.44. The number of phenols is 1. The van der Waals surface area contributed by atoms with Crippen molar-refractivity contribution in [1.29, 1.82) is 0 Å². The zero-order valence-corrected chi connectivity index (χ0v) is 14.9. The second-order valence-corrected chi connectivity index (χ2v) is 6.98. The number of amides is 1. The Morgan fingerprint density at radius 2 is 2.29 bits per heavy atom. The van der Waals surface area contributed by atoms with Gasteiger partial charge in [0.15, 0.2) is 11.5 Å². The second-order valence-electron chi connectivity index (χ2n) is 4.90. The van der Waals surface area contributed by atoms with Gasteiger partial charge < -0.3 is 14.3 Å². The highest BCUT2D eigenvalue weighted by Crippen LogP contribution is 2.38. The van der Waals surface area contributed by atoms with Crippen molar-refractivity contribution < 1.29 is 19.1 Å². The van der Waals surface area contributed by atoms with Crippen molar-refractivity contribution in [3.05, 3.63) is 51.8 Å². The number of aromatic hydroxyl groups is 1. The smallest absolute Gasteiger partial charge is 0.266 e. The van der Waals surface area contributed by atoms with Gasteiger partial charge in [0, 0.05) is 0 Å². The molecular formula is C16H12ClNO4S2. The van der Waals surface area contributed by atoms with Crippen LogP contribution in [0.4, 0.5) is 0 Å².